The lowest BCUT2D eigenvalue weighted by Gasteiger charge is -2.11. The van der Waals surface area contributed by atoms with E-state index < -0.39 is 0 Å². The van der Waals surface area contributed by atoms with Gasteiger partial charge in [-0.15, -0.1) is 0 Å². The molecule has 72 valence electrons. The summed E-state index contributed by atoms with van der Waals surface area (Å²) < 4.78 is 1.000. The first-order valence-electron chi connectivity index (χ1n) is 4.06. The van der Waals surface area contributed by atoms with E-state index in [2.05, 4.69) is 21.2 Å². The van der Waals surface area contributed by atoms with Crippen LogP contribution < -0.4 is 11.1 Å². The van der Waals surface area contributed by atoms with Gasteiger partial charge in [0, 0.05) is 11.0 Å². The van der Waals surface area contributed by atoms with Crippen LogP contribution in [-0.2, 0) is 0 Å². The summed E-state index contributed by atoms with van der Waals surface area (Å²) in [6.07, 6.45) is 0. The number of nitrogen functional groups attached to an aromatic ring is 1. The second-order valence-corrected chi connectivity index (χ2v) is 3.64. The highest BCUT2D eigenvalue weighted by Crippen LogP contribution is 2.28. The monoisotopic (exact) mass is 244 g/mol. The Labute approximate surface area is 86.1 Å². The number of aliphatic hydroxyl groups is 1. The van der Waals surface area contributed by atoms with Gasteiger partial charge in [-0.3, -0.25) is 0 Å². The van der Waals surface area contributed by atoms with E-state index in [1.54, 1.807) is 0 Å². The average Bonchev–Trinajstić information content (AvgIpc) is 2.13. The lowest BCUT2D eigenvalue weighted by Crippen LogP contribution is -2.08. The number of rotatable bonds is 3. The van der Waals surface area contributed by atoms with Crippen LogP contribution in [0.15, 0.2) is 16.6 Å². The summed E-state index contributed by atoms with van der Waals surface area (Å²) in [5, 5.41) is 11.7. The third kappa shape index (κ3) is 2.35. The maximum Gasteiger partial charge on any atom is 0.0604 e. The highest BCUT2D eigenvalue weighted by atomic mass is 79.9. The summed E-state index contributed by atoms with van der Waals surface area (Å²) in [5.74, 6) is 0. The van der Waals surface area contributed by atoms with E-state index in [4.69, 9.17) is 10.8 Å². The molecule has 1 aromatic rings. The smallest absolute Gasteiger partial charge is 0.0604 e. The molecule has 0 bridgehead atoms. The van der Waals surface area contributed by atoms with E-state index in [0.29, 0.717) is 6.54 Å². The van der Waals surface area contributed by atoms with E-state index in [1.165, 1.54) is 0 Å². The van der Waals surface area contributed by atoms with Crippen molar-refractivity contribution in [2.75, 3.05) is 24.2 Å². The Morgan fingerprint density at radius 3 is 2.85 bits per heavy atom. The van der Waals surface area contributed by atoms with E-state index in [1.807, 2.05) is 19.1 Å². The molecule has 0 aromatic heterocycles. The van der Waals surface area contributed by atoms with Crippen molar-refractivity contribution in [1.82, 2.24) is 0 Å². The zero-order chi connectivity index (χ0) is 9.84. The summed E-state index contributed by atoms with van der Waals surface area (Å²) in [4.78, 5) is 0. The van der Waals surface area contributed by atoms with Crippen LogP contribution in [0.3, 0.4) is 0 Å². The van der Waals surface area contributed by atoms with Crippen LogP contribution in [0, 0.1) is 6.92 Å². The van der Waals surface area contributed by atoms with Crippen molar-refractivity contribution in [1.29, 1.82) is 0 Å². The van der Waals surface area contributed by atoms with Crippen LogP contribution in [-0.4, -0.2) is 18.3 Å². The Morgan fingerprint density at radius 1 is 1.54 bits per heavy atom. The second-order valence-electron chi connectivity index (χ2n) is 2.78. The third-order valence-electron chi connectivity index (χ3n) is 1.88. The Morgan fingerprint density at radius 2 is 2.23 bits per heavy atom. The fraction of sp³-hybridized carbons (Fsp3) is 0.333. The molecule has 0 aliphatic rings. The molecule has 4 N–H and O–H groups in total. The van der Waals surface area contributed by atoms with Crippen molar-refractivity contribution >= 4 is 27.3 Å². The first kappa shape index (κ1) is 10.3. The van der Waals surface area contributed by atoms with Crippen LogP contribution in [0.2, 0.25) is 0 Å². The molecule has 13 heavy (non-hydrogen) atoms. The molecule has 0 saturated carbocycles. The van der Waals surface area contributed by atoms with Crippen molar-refractivity contribution in [2.45, 2.75) is 6.92 Å². The second kappa shape index (κ2) is 4.48. The molecule has 0 fully saturated rings. The number of hydrogen-bond acceptors (Lipinski definition) is 3. The SMILES string of the molecule is Cc1c(Br)ccc(NCCO)c1N. The Balaban J connectivity index is 2.90. The minimum Gasteiger partial charge on any atom is -0.397 e. The molecule has 0 unspecified atom stereocenters. The highest BCUT2D eigenvalue weighted by Gasteiger charge is 2.03. The molecule has 0 atom stereocenters. The van der Waals surface area contributed by atoms with Crippen molar-refractivity contribution in [3.05, 3.63) is 22.2 Å². The summed E-state index contributed by atoms with van der Waals surface area (Å²) in [6.45, 7) is 2.57. The van der Waals surface area contributed by atoms with Gasteiger partial charge < -0.3 is 16.2 Å². The normalized spacial score (nSPS) is 10.1. The lowest BCUT2D eigenvalue weighted by atomic mass is 10.2. The Bertz CT molecular complexity index is 302. The molecule has 0 radical (unpaired) electrons. The minimum absolute atomic E-state index is 0.106. The van der Waals surface area contributed by atoms with E-state index in [9.17, 15) is 0 Å². The van der Waals surface area contributed by atoms with Crippen molar-refractivity contribution in [2.24, 2.45) is 0 Å². The summed E-state index contributed by atoms with van der Waals surface area (Å²) >= 11 is 3.39. The molecule has 0 spiro atoms. The summed E-state index contributed by atoms with van der Waals surface area (Å²) in [7, 11) is 0. The van der Waals surface area contributed by atoms with Gasteiger partial charge in [0.15, 0.2) is 0 Å². The Hall–Kier alpha value is -0.740. The molecule has 0 heterocycles. The van der Waals surface area contributed by atoms with Gasteiger partial charge in [0.05, 0.1) is 18.0 Å². The molecule has 0 aliphatic carbocycles. The minimum atomic E-state index is 0.106. The van der Waals surface area contributed by atoms with Crippen molar-refractivity contribution in [3.63, 3.8) is 0 Å². The summed E-state index contributed by atoms with van der Waals surface area (Å²) in [5.41, 5.74) is 8.46. The van der Waals surface area contributed by atoms with E-state index in [-0.39, 0.29) is 6.61 Å². The van der Waals surface area contributed by atoms with Crippen LogP contribution in [0.1, 0.15) is 5.56 Å². The molecule has 1 aromatic carbocycles. The number of nitrogens with one attached hydrogen (secondary N) is 1. The number of hydrogen-bond donors (Lipinski definition) is 3. The predicted molar refractivity (Wildman–Crippen MR) is 58.9 cm³/mol. The molecule has 0 saturated heterocycles. The predicted octanol–water partition coefficient (Wildman–Crippen LogP) is 1.74. The van der Waals surface area contributed by atoms with Gasteiger partial charge in [0.25, 0.3) is 0 Å². The largest absolute Gasteiger partial charge is 0.397 e. The van der Waals surface area contributed by atoms with Gasteiger partial charge in [-0.1, -0.05) is 15.9 Å². The molecule has 3 nitrogen and oxygen atoms in total. The molecular formula is C9H13BrN2O. The third-order valence-corrected chi connectivity index (χ3v) is 2.74. The first-order chi connectivity index (χ1) is 6.16. The van der Waals surface area contributed by atoms with Crippen LogP contribution >= 0.6 is 15.9 Å². The van der Waals surface area contributed by atoms with Crippen LogP contribution in [0.5, 0.6) is 0 Å². The highest BCUT2D eigenvalue weighted by molar-refractivity contribution is 9.10. The number of aliphatic hydroxyl groups excluding tert-OH is 1. The molecule has 0 aliphatic heterocycles. The zero-order valence-electron chi connectivity index (χ0n) is 7.47. The fourth-order valence-corrected chi connectivity index (χ4v) is 1.39. The topological polar surface area (TPSA) is 58.3 Å². The number of nitrogens with two attached hydrogens (primary N) is 1. The maximum absolute atomic E-state index is 8.63. The molecule has 0 amide bonds. The lowest BCUT2D eigenvalue weighted by molar-refractivity contribution is 0.311. The maximum atomic E-state index is 8.63. The average molecular weight is 245 g/mol. The van der Waals surface area contributed by atoms with Gasteiger partial charge >= 0.3 is 0 Å². The zero-order valence-corrected chi connectivity index (χ0v) is 9.06. The summed E-state index contributed by atoms with van der Waals surface area (Å²) in [6, 6.07) is 3.83. The number of benzene rings is 1. The first-order valence-corrected chi connectivity index (χ1v) is 4.85. The van der Waals surface area contributed by atoms with Gasteiger partial charge in [-0.25, -0.2) is 0 Å². The fourth-order valence-electron chi connectivity index (χ4n) is 1.05. The quantitative estimate of drug-likeness (QED) is 0.711. The number of anilines is 2. The van der Waals surface area contributed by atoms with Gasteiger partial charge in [-0.05, 0) is 24.6 Å². The van der Waals surface area contributed by atoms with Crippen LogP contribution in [0.4, 0.5) is 11.4 Å². The standard InChI is InChI=1S/C9H13BrN2O/c1-6-7(10)2-3-8(9(6)11)12-4-5-13/h2-3,12-13H,4-5,11H2,1H3. The Kier molecular flexibility index (Phi) is 3.57. The van der Waals surface area contributed by atoms with Gasteiger partial charge in [0.2, 0.25) is 0 Å². The van der Waals surface area contributed by atoms with Crippen molar-refractivity contribution < 1.29 is 5.11 Å². The van der Waals surface area contributed by atoms with Crippen molar-refractivity contribution in [3.8, 4) is 0 Å². The van der Waals surface area contributed by atoms with E-state index >= 15 is 0 Å². The molecule has 1 rings (SSSR count). The molecular weight excluding hydrogens is 232 g/mol. The molecule has 4 heteroatoms. The van der Waals surface area contributed by atoms with Gasteiger partial charge in [0.1, 0.15) is 0 Å². The van der Waals surface area contributed by atoms with Crippen LogP contribution in [0.25, 0.3) is 0 Å². The number of halogens is 1. The van der Waals surface area contributed by atoms with Gasteiger partial charge in [-0.2, -0.15) is 0 Å². The van der Waals surface area contributed by atoms with E-state index in [0.717, 1.165) is 21.4 Å².